The summed E-state index contributed by atoms with van der Waals surface area (Å²) in [6.07, 6.45) is 5.99. The van der Waals surface area contributed by atoms with E-state index in [9.17, 15) is 0 Å². The molecule has 0 aromatic carbocycles. The largest absolute Gasteiger partial charge is 0.317 e. The topological polar surface area (TPSA) is 12.0 Å². The minimum Gasteiger partial charge on any atom is -0.317 e. The molecule has 3 atom stereocenters. The van der Waals surface area contributed by atoms with E-state index in [0.717, 1.165) is 17.9 Å². The zero-order chi connectivity index (χ0) is 6.27. The molecule has 0 spiro atoms. The van der Waals surface area contributed by atoms with Crippen molar-refractivity contribution in [3.8, 4) is 0 Å². The minimum absolute atomic E-state index is 0.878. The molecule has 1 N–H and O–H groups in total. The van der Waals surface area contributed by atoms with Crippen LogP contribution in [0.4, 0.5) is 0 Å². The van der Waals surface area contributed by atoms with Gasteiger partial charge in [-0.15, -0.1) is 0 Å². The summed E-state index contributed by atoms with van der Waals surface area (Å²) in [5.74, 6) is 2.13. The van der Waals surface area contributed by atoms with Crippen LogP contribution in [-0.4, -0.2) is 13.1 Å². The monoisotopic (exact) mass is 125 g/mol. The van der Waals surface area contributed by atoms with Gasteiger partial charge in [-0.05, 0) is 38.1 Å². The summed E-state index contributed by atoms with van der Waals surface area (Å²) in [7, 11) is 2.10. The van der Waals surface area contributed by atoms with Crippen LogP contribution in [0.1, 0.15) is 25.7 Å². The molecule has 0 amide bonds. The number of nitrogens with one attached hydrogen (secondary N) is 1. The van der Waals surface area contributed by atoms with Crippen LogP contribution in [0.5, 0.6) is 0 Å². The molecule has 2 saturated carbocycles. The van der Waals surface area contributed by atoms with E-state index in [0.29, 0.717) is 0 Å². The highest BCUT2D eigenvalue weighted by Gasteiger charge is 2.38. The second kappa shape index (κ2) is 1.98. The van der Waals surface area contributed by atoms with Crippen molar-refractivity contribution in [2.45, 2.75) is 31.7 Å². The Morgan fingerprint density at radius 3 is 2.44 bits per heavy atom. The predicted molar refractivity (Wildman–Crippen MR) is 38.3 cm³/mol. The lowest BCUT2D eigenvalue weighted by Gasteiger charge is -2.20. The quantitative estimate of drug-likeness (QED) is 0.558. The summed E-state index contributed by atoms with van der Waals surface area (Å²) in [5.41, 5.74) is 0. The van der Waals surface area contributed by atoms with Gasteiger partial charge in [0.15, 0.2) is 0 Å². The lowest BCUT2D eigenvalue weighted by Crippen LogP contribution is -2.30. The number of fused-ring (bicyclic) bond motifs is 2. The van der Waals surface area contributed by atoms with Crippen molar-refractivity contribution in [3.63, 3.8) is 0 Å². The van der Waals surface area contributed by atoms with Crippen LogP contribution in [0.3, 0.4) is 0 Å². The van der Waals surface area contributed by atoms with Gasteiger partial charge in [-0.2, -0.15) is 0 Å². The third-order valence-corrected chi connectivity index (χ3v) is 3.11. The summed E-state index contributed by atoms with van der Waals surface area (Å²) < 4.78 is 0. The van der Waals surface area contributed by atoms with Crippen LogP contribution in [0.25, 0.3) is 0 Å². The fourth-order valence-corrected chi connectivity index (χ4v) is 2.60. The van der Waals surface area contributed by atoms with Crippen LogP contribution in [0.2, 0.25) is 0 Å². The first-order valence-electron chi connectivity index (χ1n) is 4.07. The van der Waals surface area contributed by atoms with Crippen LogP contribution in [0.15, 0.2) is 0 Å². The summed E-state index contributed by atoms with van der Waals surface area (Å²) in [4.78, 5) is 0. The normalized spacial score (nSPS) is 48.3. The highest BCUT2D eigenvalue weighted by Crippen LogP contribution is 2.44. The van der Waals surface area contributed by atoms with Gasteiger partial charge >= 0.3 is 0 Å². The first kappa shape index (κ1) is 5.72. The lowest BCUT2D eigenvalue weighted by atomic mass is 9.96. The molecule has 2 aliphatic carbocycles. The minimum atomic E-state index is 0.878. The summed E-state index contributed by atoms with van der Waals surface area (Å²) >= 11 is 0. The molecule has 52 valence electrons. The van der Waals surface area contributed by atoms with Crippen molar-refractivity contribution in [1.29, 1.82) is 0 Å². The van der Waals surface area contributed by atoms with E-state index >= 15 is 0 Å². The smallest absolute Gasteiger partial charge is 0.00950 e. The van der Waals surface area contributed by atoms with Gasteiger partial charge in [0.1, 0.15) is 0 Å². The van der Waals surface area contributed by atoms with E-state index in [1.165, 1.54) is 25.7 Å². The number of hydrogen-bond acceptors (Lipinski definition) is 1. The van der Waals surface area contributed by atoms with Crippen molar-refractivity contribution in [1.82, 2.24) is 5.32 Å². The molecule has 0 aromatic rings. The maximum atomic E-state index is 3.40. The van der Waals surface area contributed by atoms with Crippen molar-refractivity contribution >= 4 is 0 Å². The zero-order valence-corrected chi connectivity index (χ0v) is 6.06. The standard InChI is InChI=1S/C8H15N/c1-9-8-5-6-2-3-7(8)4-6/h6-9H,2-5H2,1H3/t6?,7-,8?/m0/s1. The van der Waals surface area contributed by atoms with E-state index in [1.807, 2.05) is 0 Å². The number of hydrogen-bond donors (Lipinski definition) is 1. The molecule has 9 heavy (non-hydrogen) atoms. The molecule has 0 aromatic heterocycles. The van der Waals surface area contributed by atoms with E-state index in [-0.39, 0.29) is 0 Å². The van der Waals surface area contributed by atoms with Gasteiger partial charge in [0.2, 0.25) is 0 Å². The first-order valence-corrected chi connectivity index (χ1v) is 4.07. The first-order chi connectivity index (χ1) is 4.40. The zero-order valence-electron chi connectivity index (χ0n) is 6.06. The maximum Gasteiger partial charge on any atom is 0.00950 e. The Balaban J connectivity index is 2.01. The van der Waals surface area contributed by atoms with Gasteiger partial charge in [-0.25, -0.2) is 0 Å². The van der Waals surface area contributed by atoms with Gasteiger partial charge < -0.3 is 5.32 Å². The van der Waals surface area contributed by atoms with Crippen molar-refractivity contribution in [3.05, 3.63) is 0 Å². The highest BCUT2D eigenvalue weighted by atomic mass is 14.9. The Bertz CT molecular complexity index is 111. The molecule has 0 heterocycles. The van der Waals surface area contributed by atoms with Gasteiger partial charge in [0.05, 0.1) is 0 Å². The van der Waals surface area contributed by atoms with Gasteiger partial charge in [0.25, 0.3) is 0 Å². The molecule has 2 aliphatic rings. The molecule has 0 aliphatic heterocycles. The van der Waals surface area contributed by atoms with E-state index in [1.54, 1.807) is 0 Å². The molecule has 0 saturated heterocycles. The van der Waals surface area contributed by atoms with Gasteiger partial charge in [-0.1, -0.05) is 6.42 Å². The molecule has 2 fully saturated rings. The Labute approximate surface area is 56.8 Å². The van der Waals surface area contributed by atoms with E-state index < -0.39 is 0 Å². The SMILES string of the molecule is CNC1CC2CC[C@H]1C2. The Morgan fingerprint density at radius 1 is 1.22 bits per heavy atom. The summed E-state index contributed by atoms with van der Waals surface area (Å²) in [5, 5.41) is 3.40. The molecule has 2 unspecified atom stereocenters. The third kappa shape index (κ3) is 0.787. The molecule has 1 nitrogen and oxygen atoms in total. The van der Waals surface area contributed by atoms with E-state index in [4.69, 9.17) is 0 Å². The second-order valence-corrected chi connectivity index (χ2v) is 3.57. The molecule has 1 heteroatoms. The molecule has 0 radical (unpaired) electrons. The van der Waals surface area contributed by atoms with Crippen molar-refractivity contribution in [2.75, 3.05) is 7.05 Å². The molecular formula is C8H15N. The Hall–Kier alpha value is -0.0400. The average Bonchev–Trinajstić information content (AvgIpc) is 2.45. The molecular weight excluding hydrogens is 110 g/mol. The number of rotatable bonds is 1. The van der Waals surface area contributed by atoms with Gasteiger partial charge in [-0.3, -0.25) is 0 Å². The van der Waals surface area contributed by atoms with Crippen molar-refractivity contribution < 1.29 is 0 Å². The summed E-state index contributed by atoms with van der Waals surface area (Å²) in [6.45, 7) is 0. The van der Waals surface area contributed by atoms with Crippen LogP contribution in [-0.2, 0) is 0 Å². The fraction of sp³-hybridized carbons (Fsp3) is 1.00. The van der Waals surface area contributed by atoms with Crippen LogP contribution in [0, 0.1) is 11.8 Å². The maximum absolute atomic E-state index is 3.40. The summed E-state index contributed by atoms with van der Waals surface area (Å²) in [6, 6.07) is 0.878. The van der Waals surface area contributed by atoms with E-state index in [2.05, 4.69) is 12.4 Å². The highest BCUT2D eigenvalue weighted by molar-refractivity contribution is 4.93. The van der Waals surface area contributed by atoms with Crippen LogP contribution >= 0.6 is 0 Å². The fourth-order valence-electron chi connectivity index (χ4n) is 2.60. The third-order valence-electron chi connectivity index (χ3n) is 3.11. The second-order valence-electron chi connectivity index (χ2n) is 3.57. The predicted octanol–water partition coefficient (Wildman–Crippen LogP) is 1.39. The lowest BCUT2D eigenvalue weighted by molar-refractivity contribution is 0.372. The Morgan fingerprint density at radius 2 is 2.11 bits per heavy atom. The average molecular weight is 125 g/mol. The Kier molecular flexibility index (Phi) is 1.26. The molecule has 2 bridgehead atoms. The van der Waals surface area contributed by atoms with Gasteiger partial charge in [0, 0.05) is 6.04 Å². The molecule has 2 rings (SSSR count). The van der Waals surface area contributed by atoms with Crippen LogP contribution < -0.4 is 5.32 Å². The van der Waals surface area contributed by atoms with Crippen molar-refractivity contribution in [2.24, 2.45) is 11.8 Å².